The van der Waals surface area contributed by atoms with Gasteiger partial charge in [0.05, 0.1) is 5.69 Å². The SMILES string of the molecule is Nc1cc(Br)cc(Br)c1S(=O)(=O)NCC(O)C(F)(F)F. The highest BCUT2D eigenvalue weighted by molar-refractivity contribution is 9.11. The van der Waals surface area contributed by atoms with Crippen molar-refractivity contribution in [2.45, 2.75) is 17.2 Å². The molecule has 1 rings (SSSR count). The second-order valence-corrected chi connectivity index (χ2v) is 7.19. The molecule has 0 amide bonds. The summed E-state index contributed by atoms with van der Waals surface area (Å²) in [5.41, 5.74) is 5.38. The van der Waals surface area contributed by atoms with Crippen molar-refractivity contribution in [2.24, 2.45) is 0 Å². The molecule has 0 fully saturated rings. The van der Waals surface area contributed by atoms with Crippen molar-refractivity contribution in [2.75, 3.05) is 12.3 Å². The average molecular weight is 442 g/mol. The van der Waals surface area contributed by atoms with E-state index >= 15 is 0 Å². The molecule has 1 atom stereocenters. The molecule has 4 N–H and O–H groups in total. The number of nitrogens with two attached hydrogens (primary N) is 1. The Labute approximate surface area is 129 Å². The van der Waals surface area contributed by atoms with Crippen LogP contribution >= 0.6 is 31.9 Å². The van der Waals surface area contributed by atoms with Gasteiger partial charge in [0.2, 0.25) is 10.0 Å². The summed E-state index contributed by atoms with van der Waals surface area (Å²) in [5.74, 6) is 0. The smallest absolute Gasteiger partial charge is 0.398 e. The van der Waals surface area contributed by atoms with Crippen LogP contribution in [0.5, 0.6) is 0 Å². The van der Waals surface area contributed by atoms with Gasteiger partial charge in [-0.05, 0) is 28.1 Å². The molecule has 114 valence electrons. The minimum atomic E-state index is -4.91. The van der Waals surface area contributed by atoms with Gasteiger partial charge in [0.25, 0.3) is 0 Å². The fraction of sp³-hybridized carbons (Fsp3) is 0.333. The van der Waals surface area contributed by atoms with E-state index < -0.39 is 33.7 Å². The molecular formula is C9H9Br2F3N2O3S. The maximum absolute atomic E-state index is 12.1. The molecule has 0 aliphatic heterocycles. The van der Waals surface area contributed by atoms with Gasteiger partial charge < -0.3 is 10.8 Å². The van der Waals surface area contributed by atoms with Crippen LogP contribution in [0, 0.1) is 0 Å². The maximum Gasteiger partial charge on any atom is 0.415 e. The van der Waals surface area contributed by atoms with Crippen LogP contribution in [0.25, 0.3) is 0 Å². The molecule has 1 aromatic carbocycles. The number of aliphatic hydroxyl groups excluding tert-OH is 1. The number of nitrogen functional groups attached to an aromatic ring is 1. The van der Waals surface area contributed by atoms with Crippen molar-refractivity contribution >= 4 is 47.6 Å². The summed E-state index contributed by atoms with van der Waals surface area (Å²) in [6.07, 6.45) is -7.71. The third-order valence-corrected chi connectivity index (χ3v) is 5.04. The summed E-state index contributed by atoms with van der Waals surface area (Å²) in [5, 5.41) is 8.78. The zero-order valence-corrected chi connectivity index (χ0v) is 13.6. The highest BCUT2D eigenvalue weighted by atomic mass is 79.9. The highest BCUT2D eigenvalue weighted by Crippen LogP contribution is 2.31. The quantitative estimate of drug-likeness (QED) is 0.623. The number of halogens is 5. The van der Waals surface area contributed by atoms with E-state index in [4.69, 9.17) is 10.8 Å². The number of hydrogen-bond donors (Lipinski definition) is 3. The lowest BCUT2D eigenvalue weighted by molar-refractivity contribution is -0.200. The lowest BCUT2D eigenvalue weighted by Crippen LogP contribution is -2.40. The van der Waals surface area contributed by atoms with Gasteiger partial charge in [-0.3, -0.25) is 0 Å². The van der Waals surface area contributed by atoms with Crippen LogP contribution in [0.2, 0.25) is 0 Å². The van der Waals surface area contributed by atoms with E-state index in [2.05, 4.69) is 31.9 Å². The van der Waals surface area contributed by atoms with E-state index in [1.807, 2.05) is 0 Å². The van der Waals surface area contributed by atoms with Crippen molar-refractivity contribution in [3.05, 3.63) is 21.1 Å². The highest BCUT2D eigenvalue weighted by Gasteiger charge is 2.39. The molecule has 5 nitrogen and oxygen atoms in total. The van der Waals surface area contributed by atoms with Crippen LogP contribution in [-0.4, -0.2) is 32.3 Å². The Morgan fingerprint density at radius 1 is 1.35 bits per heavy atom. The Balaban J connectivity index is 3.02. The molecule has 1 unspecified atom stereocenters. The topological polar surface area (TPSA) is 92.4 Å². The standard InChI is InChI=1S/C9H9Br2F3N2O3S/c10-4-1-5(11)8(6(15)2-4)20(18,19)16-3-7(17)9(12,13)14/h1-2,7,16-17H,3,15H2. The van der Waals surface area contributed by atoms with Crippen LogP contribution in [0.3, 0.4) is 0 Å². The summed E-state index contributed by atoms with van der Waals surface area (Å²) in [6, 6.07) is 2.67. The number of aliphatic hydroxyl groups is 1. The van der Waals surface area contributed by atoms with E-state index in [1.165, 1.54) is 12.1 Å². The summed E-state index contributed by atoms with van der Waals surface area (Å²) in [6.45, 7) is -1.20. The van der Waals surface area contributed by atoms with E-state index in [-0.39, 0.29) is 10.2 Å². The average Bonchev–Trinajstić information content (AvgIpc) is 2.22. The summed E-state index contributed by atoms with van der Waals surface area (Å²) >= 11 is 6.05. The molecule has 0 saturated heterocycles. The minimum Gasteiger partial charge on any atom is -0.398 e. The zero-order chi connectivity index (χ0) is 15.7. The molecule has 0 aliphatic rings. The largest absolute Gasteiger partial charge is 0.415 e. The van der Waals surface area contributed by atoms with Gasteiger partial charge >= 0.3 is 6.18 Å². The summed E-state index contributed by atoms with van der Waals surface area (Å²) < 4.78 is 62.4. The molecule has 0 aromatic heterocycles. The Bertz CT molecular complexity index is 584. The van der Waals surface area contributed by atoms with E-state index in [1.54, 1.807) is 4.72 Å². The molecule has 1 aromatic rings. The van der Waals surface area contributed by atoms with Gasteiger partial charge in [-0.1, -0.05) is 15.9 Å². The van der Waals surface area contributed by atoms with Gasteiger partial charge in [0, 0.05) is 15.5 Å². The predicted molar refractivity (Wildman–Crippen MR) is 73.5 cm³/mol. The molecule has 0 aliphatic carbocycles. The minimum absolute atomic E-state index is 0.0818. The number of sulfonamides is 1. The van der Waals surface area contributed by atoms with Crippen molar-refractivity contribution < 1.29 is 26.7 Å². The molecule has 0 bridgehead atoms. The third kappa shape index (κ3) is 4.32. The van der Waals surface area contributed by atoms with Crippen molar-refractivity contribution in [1.29, 1.82) is 0 Å². The summed E-state index contributed by atoms with van der Waals surface area (Å²) in [7, 11) is -4.30. The van der Waals surface area contributed by atoms with Crippen LogP contribution in [0.1, 0.15) is 0 Å². The van der Waals surface area contributed by atoms with E-state index in [0.29, 0.717) is 4.47 Å². The van der Waals surface area contributed by atoms with Crippen molar-refractivity contribution in [1.82, 2.24) is 4.72 Å². The van der Waals surface area contributed by atoms with Crippen molar-refractivity contribution in [3.63, 3.8) is 0 Å². The van der Waals surface area contributed by atoms with Crippen LogP contribution in [0.15, 0.2) is 26.0 Å². The predicted octanol–water partition coefficient (Wildman–Crippen LogP) is 2.00. The van der Waals surface area contributed by atoms with Gasteiger partial charge in [0.1, 0.15) is 4.90 Å². The Morgan fingerprint density at radius 3 is 2.35 bits per heavy atom. The first kappa shape index (κ1) is 17.7. The Kier molecular flexibility index (Phi) is 5.46. The van der Waals surface area contributed by atoms with E-state index in [0.717, 1.165) is 0 Å². The van der Waals surface area contributed by atoms with Gasteiger partial charge in [-0.2, -0.15) is 13.2 Å². The second kappa shape index (κ2) is 6.18. The maximum atomic E-state index is 12.1. The lowest BCUT2D eigenvalue weighted by Gasteiger charge is -2.16. The fourth-order valence-corrected chi connectivity index (χ4v) is 4.34. The number of rotatable bonds is 4. The first-order valence-electron chi connectivity index (χ1n) is 4.94. The number of benzene rings is 1. The Morgan fingerprint density at radius 2 is 1.90 bits per heavy atom. The third-order valence-electron chi connectivity index (χ3n) is 2.15. The van der Waals surface area contributed by atoms with Gasteiger partial charge in [0.15, 0.2) is 6.10 Å². The number of anilines is 1. The second-order valence-electron chi connectivity index (χ2n) is 3.72. The van der Waals surface area contributed by atoms with Gasteiger partial charge in [-0.15, -0.1) is 0 Å². The zero-order valence-electron chi connectivity index (χ0n) is 9.58. The van der Waals surface area contributed by atoms with E-state index in [9.17, 15) is 21.6 Å². The molecule has 11 heteroatoms. The monoisotopic (exact) mass is 440 g/mol. The van der Waals surface area contributed by atoms with Crippen LogP contribution < -0.4 is 10.5 Å². The normalized spacial score (nSPS) is 14.3. The number of alkyl halides is 3. The first-order valence-corrected chi connectivity index (χ1v) is 8.01. The lowest BCUT2D eigenvalue weighted by atomic mass is 10.3. The molecule has 0 heterocycles. The fourth-order valence-electron chi connectivity index (χ4n) is 1.24. The first-order chi connectivity index (χ1) is 8.95. The molecule has 0 spiro atoms. The van der Waals surface area contributed by atoms with Crippen molar-refractivity contribution in [3.8, 4) is 0 Å². The molecule has 0 saturated carbocycles. The number of hydrogen-bond acceptors (Lipinski definition) is 4. The molecule has 0 radical (unpaired) electrons. The molecule has 20 heavy (non-hydrogen) atoms. The molecular weight excluding hydrogens is 433 g/mol. The van der Waals surface area contributed by atoms with Crippen LogP contribution in [0.4, 0.5) is 18.9 Å². The van der Waals surface area contributed by atoms with Crippen LogP contribution in [-0.2, 0) is 10.0 Å². The summed E-state index contributed by atoms with van der Waals surface area (Å²) in [4.78, 5) is -0.393. The number of nitrogens with one attached hydrogen (secondary N) is 1. The Hall–Kier alpha value is -0.360. The van der Waals surface area contributed by atoms with Gasteiger partial charge in [-0.25, -0.2) is 13.1 Å².